The number of rotatable bonds is 1. The van der Waals surface area contributed by atoms with Crippen LogP contribution in [0.3, 0.4) is 0 Å². The summed E-state index contributed by atoms with van der Waals surface area (Å²) in [6.07, 6.45) is 3.35. The lowest BCUT2D eigenvalue weighted by molar-refractivity contribution is 0.619. The fourth-order valence-corrected chi connectivity index (χ4v) is 2.97. The van der Waals surface area contributed by atoms with Crippen LogP contribution in [-0.2, 0) is 0 Å². The van der Waals surface area contributed by atoms with E-state index >= 15 is 0 Å². The topological polar surface area (TPSA) is 29.0 Å². The molecule has 5 heteroatoms. The predicted molar refractivity (Wildman–Crippen MR) is 65.8 cm³/mol. The van der Waals surface area contributed by atoms with Crippen LogP contribution in [0.2, 0.25) is 5.15 Å². The molecule has 15 heavy (non-hydrogen) atoms. The van der Waals surface area contributed by atoms with Gasteiger partial charge in [-0.05, 0) is 6.92 Å². The van der Waals surface area contributed by atoms with Gasteiger partial charge < -0.3 is 4.90 Å². The minimum Gasteiger partial charge on any atom is -0.351 e. The molecule has 0 bridgehead atoms. The number of nitrogens with zero attached hydrogens (tertiary/aromatic N) is 3. The Balaban J connectivity index is 2.22. The molecule has 1 aliphatic heterocycles. The van der Waals surface area contributed by atoms with Crippen molar-refractivity contribution >= 4 is 29.2 Å². The van der Waals surface area contributed by atoms with Crippen LogP contribution in [0.4, 0.5) is 5.82 Å². The van der Waals surface area contributed by atoms with Gasteiger partial charge in [0.1, 0.15) is 11.0 Å². The second-order valence-corrected chi connectivity index (χ2v) is 5.58. The minimum absolute atomic E-state index is 0.463. The van der Waals surface area contributed by atoms with E-state index in [9.17, 15) is 0 Å². The summed E-state index contributed by atoms with van der Waals surface area (Å²) in [6, 6.07) is 0.483. The van der Waals surface area contributed by atoms with Crippen LogP contribution < -0.4 is 4.90 Å². The van der Waals surface area contributed by atoms with Gasteiger partial charge in [0, 0.05) is 23.6 Å². The molecule has 0 radical (unpaired) electrons. The van der Waals surface area contributed by atoms with Crippen molar-refractivity contribution < 1.29 is 0 Å². The van der Waals surface area contributed by atoms with Gasteiger partial charge >= 0.3 is 0 Å². The molecule has 1 aromatic heterocycles. The van der Waals surface area contributed by atoms with E-state index in [0.717, 1.165) is 18.1 Å². The highest BCUT2D eigenvalue weighted by atomic mass is 35.5. The zero-order valence-corrected chi connectivity index (χ0v) is 10.4. The lowest BCUT2D eigenvalue weighted by atomic mass is 10.2. The van der Waals surface area contributed by atoms with Crippen LogP contribution in [0.15, 0.2) is 12.4 Å². The van der Waals surface area contributed by atoms with Crippen LogP contribution in [0.1, 0.15) is 13.8 Å². The van der Waals surface area contributed by atoms with Crippen molar-refractivity contribution in [3.63, 3.8) is 0 Å². The average molecular weight is 244 g/mol. The fraction of sp³-hybridized carbons (Fsp3) is 0.600. The summed E-state index contributed by atoms with van der Waals surface area (Å²) in [5.41, 5.74) is 0. The molecule has 3 nitrogen and oxygen atoms in total. The predicted octanol–water partition coefficient (Wildman–Crippen LogP) is 2.46. The molecule has 0 aliphatic carbocycles. The number of hydrogen-bond acceptors (Lipinski definition) is 4. The maximum absolute atomic E-state index is 5.84. The average Bonchev–Trinajstić information content (AvgIpc) is 2.22. The van der Waals surface area contributed by atoms with Crippen molar-refractivity contribution in [2.75, 3.05) is 17.2 Å². The highest BCUT2D eigenvalue weighted by Crippen LogP contribution is 2.27. The Morgan fingerprint density at radius 3 is 3.00 bits per heavy atom. The summed E-state index contributed by atoms with van der Waals surface area (Å²) >= 11 is 7.85. The number of hydrogen-bond donors (Lipinski definition) is 0. The van der Waals surface area contributed by atoms with Gasteiger partial charge in [0.15, 0.2) is 0 Å². The first-order chi connectivity index (χ1) is 7.18. The molecule has 2 heterocycles. The van der Waals surface area contributed by atoms with E-state index in [-0.39, 0.29) is 0 Å². The third-order valence-corrected chi connectivity index (χ3v) is 4.29. The van der Waals surface area contributed by atoms with E-state index in [4.69, 9.17) is 11.6 Å². The molecule has 2 unspecified atom stereocenters. The van der Waals surface area contributed by atoms with Gasteiger partial charge in [-0.2, -0.15) is 11.8 Å². The van der Waals surface area contributed by atoms with Crippen molar-refractivity contribution in [3.8, 4) is 0 Å². The first-order valence-corrected chi connectivity index (χ1v) is 6.47. The van der Waals surface area contributed by atoms with E-state index < -0.39 is 0 Å². The smallest absolute Gasteiger partial charge is 0.149 e. The number of thioether (sulfide) groups is 1. The lowest BCUT2D eigenvalue weighted by Crippen LogP contribution is -2.45. The van der Waals surface area contributed by atoms with Crippen LogP contribution in [0.25, 0.3) is 0 Å². The van der Waals surface area contributed by atoms with Gasteiger partial charge in [0.25, 0.3) is 0 Å². The summed E-state index contributed by atoms with van der Waals surface area (Å²) in [7, 11) is 0. The van der Waals surface area contributed by atoms with Gasteiger partial charge in [-0.1, -0.05) is 18.5 Å². The maximum Gasteiger partial charge on any atom is 0.149 e. The summed E-state index contributed by atoms with van der Waals surface area (Å²) in [5.74, 6) is 2.03. The monoisotopic (exact) mass is 243 g/mol. The minimum atomic E-state index is 0.463. The Labute approximate surface area is 99.2 Å². The molecule has 0 aromatic carbocycles. The fourth-order valence-electron chi connectivity index (χ4n) is 1.73. The standard InChI is InChI=1S/C10H14ClN3S/c1-7-8(2)15-4-3-14(7)10-6-12-5-9(11)13-10/h5-8H,3-4H2,1-2H3. The van der Waals surface area contributed by atoms with Crippen LogP contribution >= 0.6 is 23.4 Å². The summed E-state index contributed by atoms with van der Waals surface area (Å²) in [4.78, 5) is 10.7. The quantitative estimate of drug-likeness (QED) is 0.758. The molecule has 0 spiro atoms. The molecular formula is C10H14ClN3S. The van der Waals surface area contributed by atoms with E-state index in [1.165, 1.54) is 0 Å². The Kier molecular flexibility index (Phi) is 3.36. The zero-order valence-electron chi connectivity index (χ0n) is 8.85. The summed E-state index contributed by atoms with van der Waals surface area (Å²) < 4.78 is 0. The van der Waals surface area contributed by atoms with Crippen molar-refractivity contribution in [2.45, 2.75) is 25.1 Å². The molecule has 1 fully saturated rings. The second kappa shape index (κ2) is 4.58. The molecule has 0 amide bonds. The Bertz CT molecular complexity index is 347. The van der Waals surface area contributed by atoms with Gasteiger partial charge in [-0.3, -0.25) is 4.98 Å². The van der Waals surface area contributed by atoms with E-state index in [1.807, 2.05) is 11.8 Å². The molecule has 1 aliphatic rings. The lowest BCUT2D eigenvalue weighted by Gasteiger charge is -2.38. The number of aromatic nitrogens is 2. The molecule has 0 saturated carbocycles. The highest BCUT2D eigenvalue weighted by Gasteiger charge is 2.26. The Morgan fingerprint density at radius 2 is 2.27 bits per heavy atom. The van der Waals surface area contributed by atoms with Crippen molar-refractivity contribution in [2.24, 2.45) is 0 Å². The third kappa shape index (κ3) is 2.37. The Morgan fingerprint density at radius 1 is 1.47 bits per heavy atom. The summed E-state index contributed by atoms with van der Waals surface area (Å²) in [5, 5.41) is 1.09. The molecule has 1 aromatic rings. The van der Waals surface area contributed by atoms with Gasteiger partial charge in [-0.25, -0.2) is 4.98 Å². The summed E-state index contributed by atoms with van der Waals surface area (Å²) in [6.45, 7) is 5.49. The largest absolute Gasteiger partial charge is 0.351 e. The van der Waals surface area contributed by atoms with E-state index in [0.29, 0.717) is 16.4 Å². The zero-order chi connectivity index (χ0) is 10.8. The third-order valence-electron chi connectivity index (χ3n) is 2.77. The van der Waals surface area contributed by atoms with Gasteiger partial charge in [0.2, 0.25) is 0 Å². The van der Waals surface area contributed by atoms with Crippen LogP contribution in [0.5, 0.6) is 0 Å². The van der Waals surface area contributed by atoms with Crippen molar-refractivity contribution in [1.29, 1.82) is 0 Å². The normalized spacial score (nSPS) is 26.7. The molecule has 2 atom stereocenters. The Hall–Kier alpha value is -0.480. The van der Waals surface area contributed by atoms with Crippen molar-refractivity contribution in [3.05, 3.63) is 17.5 Å². The maximum atomic E-state index is 5.84. The second-order valence-electron chi connectivity index (χ2n) is 3.71. The SMILES string of the molecule is CC1SCCN(c2cncc(Cl)n2)C1C. The number of anilines is 1. The van der Waals surface area contributed by atoms with Crippen LogP contribution in [0, 0.1) is 0 Å². The first-order valence-electron chi connectivity index (χ1n) is 5.04. The van der Waals surface area contributed by atoms with Crippen molar-refractivity contribution in [1.82, 2.24) is 9.97 Å². The first kappa shape index (κ1) is 11.0. The molecular weight excluding hydrogens is 230 g/mol. The van der Waals surface area contributed by atoms with Crippen LogP contribution in [-0.4, -0.2) is 33.6 Å². The number of halogens is 1. The molecule has 2 rings (SSSR count). The molecule has 1 saturated heterocycles. The molecule has 0 N–H and O–H groups in total. The molecule has 82 valence electrons. The van der Waals surface area contributed by atoms with E-state index in [2.05, 4.69) is 28.7 Å². The highest BCUT2D eigenvalue weighted by molar-refractivity contribution is 8.00. The van der Waals surface area contributed by atoms with Gasteiger partial charge in [-0.15, -0.1) is 0 Å². The van der Waals surface area contributed by atoms with Gasteiger partial charge in [0.05, 0.1) is 12.4 Å². The van der Waals surface area contributed by atoms with E-state index in [1.54, 1.807) is 12.4 Å².